The first-order valence-electron chi connectivity index (χ1n) is 5.20. The summed E-state index contributed by atoms with van der Waals surface area (Å²) in [5.74, 6) is 0. The molecule has 0 heterocycles. The zero-order valence-corrected chi connectivity index (χ0v) is 11.8. The third-order valence-electron chi connectivity index (χ3n) is 2.48. The van der Waals surface area contributed by atoms with Crippen molar-refractivity contribution >= 4 is 32.2 Å². The molecule has 0 saturated heterocycles. The lowest BCUT2D eigenvalue weighted by Crippen LogP contribution is -2.21. The molecule has 0 aliphatic heterocycles. The molecule has 6 nitrogen and oxygen atoms in total. The Morgan fingerprint density at radius 3 is 2.50 bits per heavy atom. The number of primary sulfonamides is 1. The Balaban J connectivity index is 2.83. The van der Waals surface area contributed by atoms with Crippen LogP contribution in [-0.4, -0.2) is 30.7 Å². The molecule has 8 heteroatoms. The predicted molar refractivity (Wildman–Crippen MR) is 74.2 cm³/mol. The first-order valence-corrected chi connectivity index (χ1v) is 8.37. The molecule has 2 unspecified atom stereocenters. The minimum Gasteiger partial charge on any atom is -0.398 e. The minimum absolute atomic E-state index is 0.0101. The summed E-state index contributed by atoms with van der Waals surface area (Å²) in [5.41, 5.74) is 6.37. The predicted octanol–water partition coefficient (Wildman–Crippen LogP) is 0.0951. The van der Waals surface area contributed by atoms with E-state index in [9.17, 15) is 12.6 Å². The molecule has 2 atom stereocenters. The van der Waals surface area contributed by atoms with Gasteiger partial charge in [-0.05, 0) is 25.1 Å². The summed E-state index contributed by atoms with van der Waals surface area (Å²) in [7, 11) is -4.71. The number of nitrogens with one attached hydrogen (secondary N) is 1. The van der Waals surface area contributed by atoms with Crippen LogP contribution < -0.4 is 16.2 Å². The van der Waals surface area contributed by atoms with E-state index in [1.54, 1.807) is 12.3 Å². The van der Waals surface area contributed by atoms with Gasteiger partial charge in [0.1, 0.15) is 4.90 Å². The number of anilines is 2. The Kier molecular flexibility index (Phi) is 4.71. The highest BCUT2D eigenvalue weighted by atomic mass is 32.2. The summed E-state index contributed by atoms with van der Waals surface area (Å²) < 4.78 is 33.5. The van der Waals surface area contributed by atoms with Gasteiger partial charge in [0.25, 0.3) is 0 Å². The number of sulfonamides is 1. The molecule has 0 fully saturated rings. The van der Waals surface area contributed by atoms with Crippen LogP contribution in [0.25, 0.3) is 0 Å². The minimum atomic E-state index is -3.80. The average Bonchev–Trinajstić information content (AvgIpc) is 2.23. The van der Waals surface area contributed by atoms with Crippen LogP contribution in [-0.2, 0) is 20.8 Å². The van der Waals surface area contributed by atoms with Gasteiger partial charge >= 0.3 is 0 Å². The second-order valence-corrected chi connectivity index (χ2v) is 7.32. The number of hydrogen-bond acceptors (Lipinski definition) is 5. The van der Waals surface area contributed by atoms with Crippen LogP contribution in [0.2, 0.25) is 0 Å². The quantitative estimate of drug-likeness (QED) is 0.665. The van der Waals surface area contributed by atoms with E-state index in [4.69, 9.17) is 10.9 Å². The van der Waals surface area contributed by atoms with Crippen molar-refractivity contribution in [1.82, 2.24) is 0 Å². The standard InChI is InChI=1S/C10H17N3O3S2/c1-7(17(2)14)6-13-8-3-4-10(9(11)5-8)18(12,15)16/h3-5,7,13H,6,11H2,1-2H3,(H2,12,15,16). The highest BCUT2D eigenvalue weighted by Gasteiger charge is 2.12. The van der Waals surface area contributed by atoms with Crippen molar-refractivity contribution in [3.8, 4) is 0 Å². The van der Waals surface area contributed by atoms with Crippen molar-refractivity contribution < 1.29 is 12.6 Å². The molecule has 0 bridgehead atoms. The SMILES string of the molecule is CC(CNc1ccc(S(N)(=O)=O)c(N)c1)S(C)=O. The number of nitrogens with two attached hydrogens (primary N) is 2. The Bertz CT molecular complexity index is 557. The number of hydrogen-bond donors (Lipinski definition) is 3. The topological polar surface area (TPSA) is 115 Å². The smallest absolute Gasteiger partial charge is 0.240 e. The molecule has 0 aliphatic rings. The van der Waals surface area contributed by atoms with E-state index < -0.39 is 20.8 Å². The normalized spacial score (nSPS) is 15.1. The van der Waals surface area contributed by atoms with Crippen LogP contribution in [0.4, 0.5) is 11.4 Å². The van der Waals surface area contributed by atoms with Crippen LogP contribution >= 0.6 is 0 Å². The summed E-state index contributed by atoms with van der Waals surface area (Å²) in [6.07, 6.45) is 1.63. The first kappa shape index (κ1) is 14.9. The first-order chi connectivity index (χ1) is 8.21. The lowest BCUT2D eigenvalue weighted by atomic mass is 10.3. The second kappa shape index (κ2) is 5.68. The summed E-state index contributed by atoms with van der Waals surface area (Å²) in [5, 5.41) is 8.03. The Labute approximate surface area is 109 Å². The molecule has 102 valence electrons. The fourth-order valence-corrected chi connectivity index (χ4v) is 2.26. The Hall–Kier alpha value is -1.12. The zero-order chi connectivity index (χ0) is 13.9. The number of nitrogen functional groups attached to an aromatic ring is 1. The molecule has 0 spiro atoms. The number of rotatable bonds is 5. The summed E-state index contributed by atoms with van der Waals surface area (Å²) in [4.78, 5) is -0.0971. The molecule has 0 radical (unpaired) electrons. The van der Waals surface area contributed by atoms with E-state index >= 15 is 0 Å². The largest absolute Gasteiger partial charge is 0.398 e. The van der Waals surface area contributed by atoms with Gasteiger partial charge in [-0.1, -0.05) is 0 Å². The van der Waals surface area contributed by atoms with Gasteiger partial charge in [0.05, 0.1) is 5.69 Å². The van der Waals surface area contributed by atoms with E-state index in [1.165, 1.54) is 12.1 Å². The monoisotopic (exact) mass is 291 g/mol. The van der Waals surface area contributed by atoms with Gasteiger partial charge in [-0.2, -0.15) is 0 Å². The van der Waals surface area contributed by atoms with Gasteiger partial charge in [-0.3, -0.25) is 4.21 Å². The fraction of sp³-hybridized carbons (Fsp3) is 0.400. The summed E-state index contributed by atoms with van der Waals surface area (Å²) >= 11 is 0. The molecule has 18 heavy (non-hydrogen) atoms. The maximum atomic E-state index is 11.2. The van der Waals surface area contributed by atoms with Gasteiger partial charge in [0.15, 0.2) is 0 Å². The highest BCUT2D eigenvalue weighted by molar-refractivity contribution is 7.89. The van der Waals surface area contributed by atoms with Crippen LogP contribution in [0.1, 0.15) is 6.92 Å². The lowest BCUT2D eigenvalue weighted by Gasteiger charge is -2.12. The maximum Gasteiger partial charge on any atom is 0.240 e. The third-order valence-corrected chi connectivity index (χ3v) is 4.76. The molecular weight excluding hydrogens is 274 g/mol. The van der Waals surface area contributed by atoms with E-state index in [1.807, 2.05) is 6.92 Å². The zero-order valence-electron chi connectivity index (χ0n) is 10.2. The Morgan fingerprint density at radius 1 is 1.44 bits per heavy atom. The van der Waals surface area contributed by atoms with Crippen LogP contribution in [0.15, 0.2) is 23.1 Å². The van der Waals surface area contributed by atoms with Gasteiger partial charge < -0.3 is 11.1 Å². The van der Waals surface area contributed by atoms with Crippen LogP contribution in [0.5, 0.6) is 0 Å². The van der Waals surface area contributed by atoms with E-state index in [0.717, 1.165) is 0 Å². The van der Waals surface area contributed by atoms with Gasteiger partial charge in [0.2, 0.25) is 10.0 Å². The van der Waals surface area contributed by atoms with E-state index in [-0.39, 0.29) is 15.8 Å². The molecule has 0 saturated carbocycles. The van der Waals surface area contributed by atoms with Crippen LogP contribution in [0, 0.1) is 0 Å². The van der Waals surface area contributed by atoms with Crippen molar-refractivity contribution in [2.75, 3.05) is 23.9 Å². The molecule has 1 rings (SSSR count). The molecule has 1 aromatic rings. The van der Waals surface area contributed by atoms with Crippen molar-refractivity contribution in [2.45, 2.75) is 17.1 Å². The number of benzene rings is 1. The lowest BCUT2D eigenvalue weighted by molar-refractivity contribution is 0.598. The van der Waals surface area contributed by atoms with Gasteiger partial charge in [-0.25, -0.2) is 13.6 Å². The van der Waals surface area contributed by atoms with E-state index in [2.05, 4.69) is 5.32 Å². The molecule has 0 amide bonds. The van der Waals surface area contributed by atoms with Gasteiger partial charge in [0, 0.05) is 34.5 Å². The van der Waals surface area contributed by atoms with Crippen molar-refractivity contribution in [3.05, 3.63) is 18.2 Å². The summed E-state index contributed by atoms with van der Waals surface area (Å²) in [6, 6.07) is 4.41. The summed E-state index contributed by atoms with van der Waals surface area (Å²) in [6.45, 7) is 2.36. The molecule has 5 N–H and O–H groups in total. The van der Waals surface area contributed by atoms with E-state index in [0.29, 0.717) is 12.2 Å². The Morgan fingerprint density at radius 2 is 2.06 bits per heavy atom. The second-order valence-electron chi connectivity index (χ2n) is 3.99. The van der Waals surface area contributed by atoms with Crippen molar-refractivity contribution in [2.24, 2.45) is 5.14 Å². The molecular formula is C10H17N3O3S2. The molecule has 1 aromatic carbocycles. The highest BCUT2D eigenvalue weighted by Crippen LogP contribution is 2.21. The van der Waals surface area contributed by atoms with Crippen molar-refractivity contribution in [3.63, 3.8) is 0 Å². The van der Waals surface area contributed by atoms with Gasteiger partial charge in [-0.15, -0.1) is 0 Å². The van der Waals surface area contributed by atoms with Crippen molar-refractivity contribution in [1.29, 1.82) is 0 Å². The third kappa shape index (κ3) is 3.97. The molecule has 0 aromatic heterocycles. The average molecular weight is 291 g/mol. The molecule has 0 aliphatic carbocycles. The maximum absolute atomic E-state index is 11.2. The van der Waals surface area contributed by atoms with Crippen LogP contribution in [0.3, 0.4) is 0 Å². The fourth-order valence-electron chi connectivity index (χ4n) is 1.30.